The Morgan fingerprint density at radius 1 is 1.27 bits per heavy atom. The van der Waals surface area contributed by atoms with E-state index >= 15 is 0 Å². The van der Waals surface area contributed by atoms with Crippen LogP contribution in [-0.4, -0.2) is 18.3 Å². The van der Waals surface area contributed by atoms with E-state index in [9.17, 15) is 5.11 Å². The standard InChI is InChI=1S/C12H19NO2/c1-8(2)9(3)13-10-5-6-12(15-4)11(14)7-10/h5-9,13-14H,1-4H3. The Kier molecular flexibility index (Phi) is 3.83. The number of phenols is 1. The molecule has 84 valence electrons. The van der Waals surface area contributed by atoms with Gasteiger partial charge in [0.15, 0.2) is 11.5 Å². The van der Waals surface area contributed by atoms with Gasteiger partial charge in [-0.3, -0.25) is 0 Å². The summed E-state index contributed by atoms with van der Waals surface area (Å²) in [6, 6.07) is 5.71. The third-order valence-corrected chi connectivity index (χ3v) is 2.57. The lowest BCUT2D eigenvalue weighted by atomic mass is 10.1. The van der Waals surface area contributed by atoms with E-state index in [0.717, 1.165) is 5.69 Å². The number of ether oxygens (including phenoxy) is 1. The molecule has 0 aliphatic rings. The molecule has 3 heteroatoms. The molecule has 0 amide bonds. The van der Waals surface area contributed by atoms with E-state index in [1.165, 1.54) is 0 Å². The Morgan fingerprint density at radius 2 is 1.93 bits per heavy atom. The first kappa shape index (κ1) is 11.7. The van der Waals surface area contributed by atoms with E-state index < -0.39 is 0 Å². The maximum absolute atomic E-state index is 9.58. The summed E-state index contributed by atoms with van der Waals surface area (Å²) in [5, 5.41) is 12.9. The number of anilines is 1. The van der Waals surface area contributed by atoms with Crippen molar-refractivity contribution in [1.29, 1.82) is 0 Å². The first-order valence-electron chi connectivity index (χ1n) is 5.18. The maximum Gasteiger partial charge on any atom is 0.160 e. The summed E-state index contributed by atoms with van der Waals surface area (Å²) in [5.74, 6) is 1.21. The molecule has 1 aromatic rings. The van der Waals surface area contributed by atoms with Crippen LogP contribution < -0.4 is 10.1 Å². The van der Waals surface area contributed by atoms with Crippen LogP contribution >= 0.6 is 0 Å². The molecular weight excluding hydrogens is 190 g/mol. The number of aromatic hydroxyl groups is 1. The SMILES string of the molecule is COc1ccc(NC(C)C(C)C)cc1O. The van der Waals surface area contributed by atoms with Gasteiger partial charge in [0, 0.05) is 17.8 Å². The van der Waals surface area contributed by atoms with E-state index in [-0.39, 0.29) is 5.75 Å². The highest BCUT2D eigenvalue weighted by Gasteiger charge is 2.08. The second-order valence-corrected chi connectivity index (χ2v) is 4.06. The predicted octanol–water partition coefficient (Wildman–Crippen LogP) is 2.86. The van der Waals surface area contributed by atoms with Crippen molar-refractivity contribution < 1.29 is 9.84 Å². The van der Waals surface area contributed by atoms with E-state index in [1.807, 2.05) is 6.07 Å². The molecule has 1 rings (SSSR count). The van der Waals surface area contributed by atoms with E-state index in [2.05, 4.69) is 26.1 Å². The Labute approximate surface area is 91.1 Å². The van der Waals surface area contributed by atoms with Crippen molar-refractivity contribution in [2.45, 2.75) is 26.8 Å². The van der Waals surface area contributed by atoms with Gasteiger partial charge in [-0.05, 0) is 25.0 Å². The summed E-state index contributed by atoms with van der Waals surface area (Å²) in [6.45, 7) is 6.42. The van der Waals surface area contributed by atoms with Crippen LogP contribution in [0.4, 0.5) is 5.69 Å². The molecular formula is C12H19NO2. The normalized spacial score (nSPS) is 12.6. The molecule has 0 bridgehead atoms. The quantitative estimate of drug-likeness (QED) is 0.801. The first-order valence-corrected chi connectivity index (χ1v) is 5.18. The van der Waals surface area contributed by atoms with Gasteiger partial charge in [-0.2, -0.15) is 0 Å². The smallest absolute Gasteiger partial charge is 0.160 e. The number of nitrogens with one attached hydrogen (secondary N) is 1. The Bertz CT molecular complexity index is 323. The monoisotopic (exact) mass is 209 g/mol. The molecule has 0 aromatic heterocycles. The average molecular weight is 209 g/mol. The molecule has 0 heterocycles. The number of benzene rings is 1. The van der Waals surface area contributed by atoms with Gasteiger partial charge in [-0.1, -0.05) is 13.8 Å². The van der Waals surface area contributed by atoms with Crippen molar-refractivity contribution in [3.63, 3.8) is 0 Å². The minimum absolute atomic E-state index is 0.165. The fourth-order valence-corrected chi connectivity index (χ4v) is 1.21. The molecule has 1 unspecified atom stereocenters. The minimum Gasteiger partial charge on any atom is -0.504 e. The summed E-state index contributed by atoms with van der Waals surface area (Å²) in [6.07, 6.45) is 0. The van der Waals surface area contributed by atoms with Gasteiger partial charge < -0.3 is 15.2 Å². The lowest BCUT2D eigenvalue weighted by Gasteiger charge is -2.19. The summed E-state index contributed by atoms with van der Waals surface area (Å²) in [5.41, 5.74) is 0.912. The summed E-state index contributed by atoms with van der Waals surface area (Å²) in [4.78, 5) is 0. The third kappa shape index (κ3) is 3.05. The fourth-order valence-electron chi connectivity index (χ4n) is 1.21. The van der Waals surface area contributed by atoms with Crippen molar-refractivity contribution in [2.75, 3.05) is 12.4 Å². The molecule has 0 aliphatic heterocycles. The molecule has 0 saturated carbocycles. The van der Waals surface area contributed by atoms with Gasteiger partial charge in [-0.15, -0.1) is 0 Å². The number of phenolic OH excluding ortho intramolecular Hbond substituents is 1. The molecule has 15 heavy (non-hydrogen) atoms. The molecule has 0 radical (unpaired) electrons. The molecule has 3 nitrogen and oxygen atoms in total. The summed E-state index contributed by atoms with van der Waals surface area (Å²) < 4.78 is 4.97. The van der Waals surface area contributed by atoms with Crippen LogP contribution in [0.2, 0.25) is 0 Å². The Balaban J connectivity index is 2.75. The lowest BCUT2D eigenvalue weighted by molar-refractivity contribution is 0.373. The number of methoxy groups -OCH3 is 1. The molecule has 0 spiro atoms. The van der Waals surface area contributed by atoms with Gasteiger partial charge in [-0.25, -0.2) is 0 Å². The van der Waals surface area contributed by atoms with Crippen molar-refractivity contribution in [3.05, 3.63) is 18.2 Å². The van der Waals surface area contributed by atoms with Gasteiger partial charge in [0.25, 0.3) is 0 Å². The van der Waals surface area contributed by atoms with Gasteiger partial charge in [0.2, 0.25) is 0 Å². The van der Waals surface area contributed by atoms with Crippen LogP contribution in [0.5, 0.6) is 11.5 Å². The van der Waals surface area contributed by atoms with Crippen molar-refractivity contribution in [2.24, 2.45) is 5.92 Å². The van der Waals surface area contributed by atoms with E-state index in [4.69, 9.17) is 4.74 Å². The van der Waals surface area contributed by atoms with Crippen LogP contribution in [0, 0.1) is 5.92 Å². The summed E-state index contributed by atoms with van der Waals surface area (Å²) >= 11 is 0. The van der Waals surface area contributed by atoms with Gasteiger partial charge in [0.1, 0.15) is 0 Å². The lowest BCUT2D eigenvalue weighted by Crippen LogP contribution is -2.21. The molecule has 0 aliphatic carbocycles. The van der Waals surface area contributed by atoms with Crippen molar-refractivity contribution in [3.8, 4) is 11.5 Å². The number of rotatable bonds is 4. The average Bonchev–Trinajstić information content (AvgIpc) is 2.18. The number of hydrogen-bond donors (Lipinski definition) is 2. The van der Waals surface area contributed by atoms with Crippen molar-refractivity contribution >= 4 is 5.69 Å². The zero-order valence-electron chi connectivity index (χ0n) is 9.74. The second-order valence-electron chi connectivity index (χ2n) is 4.06. The first-order chi connectivity index (χ1) is 7.04. The van der Waals surface area contributed by atoms with Gasteiger partial charge in [0.05, 0.1) is 7.11 Å². The zero-order chi connectivity index (χ0) is 11.4. The predicted molar refractivity (Wildman–Crippen MR) is 62.6 cm³/mol. The van der Waals surface area contributed by atoms with Crippen LogP contribution in [0.3, 0.4) is 0 Å². The fraction of sp³-hybridized carbons (Fsp3) is 0.500. The molecule has 1 aromatic carbocycles. The van der Waals surface area contributed by atoms with Crippen LogP contribution in [0.15, 0.2) is 18.2 Å². The Morgan fingerprint density at radius 3 is 2.40 bits per heavy atom. The maximum atomic E-state index is 9.58. The third-order valence-electron chi connectivity index (χ3n) is 2.57. The van der Waals surface area contributed by atoms with Crippen LogP contribution in [0.1, 0.15) is 20.8 Å². The zero-order valence-corrected chi connectivity index (χ0v) is 9.74. The summed E-state index contributed by atoms with van der Waals surface area (Å²) in [7, 11) is 1.54. The van der Waals surface area contributed by atoms with Crippen LogP contribution in [0.25, 0.3) is 0 Å². The Hall–Kier alpha value is -1.38. The highest BCUT2D eigenvalue weighted by atomic mass is 16.5. The van der Waals surface area contributed by atoms with Crippen LogP contribution in [-0.2, 0) is 0 Å². The van der Waals surface area contributed by atoms with E-state index in [0.29, 0.717) is 17.7 Å². The molecule has 2 N–H and O–H groups in total. The largest absolute Gasteiger partial charge is 0.504 e. The molecule has 1 atom stereocenters. The van der Waals surface area contributed by atoms with E-state index in [1.54, 1.807) is 19.2 Å². The highest BCUT2D eigenvalue weighted by molar-refractivity contribution is 5.54. The van der Waals surface area contributed by atoms with Gasteiger partial charge >= 0.3 is 0 Å². The second kappa shape index (κ2) is 4.91. The number of hydrogen-bond acceptors (Lipinski definition) is 3. The molecule has 0 saturated heterocycles. The highest BCUT2D eigenvalue weighted by Crippen LogP contribution is 2.29. The minimum atomic E-state index is 0.165. The molecule has 0 fully saturated rings. The topological polar surface area (TPSA) is 41.5 Å². The van der Waals surface area contributed by atoms with Crippen molar-refractivity contribution in [1.82, 2.24) is 0 Å².